The summed E-state index contributed by atoms with van der Waals surface area (Å²) in [6.45, 7) is 3.40. The molecule has 4 nitrogen and oxygen atoms in total. The second kappa shape index (κ2) is 8.15. The van der Waals surface area contributed by atoms with Gasteiger partial charge in [0.1, 0.15) is 0 Å². The molecule has 2 rings (SSSR count). The molecule has 1 aromatic rings. The lowest BCUT2D eigenvalue weighted by Crippen LogP contribution is -2.16. The summed E-state index contributed by atoms with van der Waals surface area (Å²) in [6, 6.07) is 8.23. The van der Waals surface area contributed by atoms with Crippen LogP contribution in [0.5, 0.6) is 0 Å². The predicted molar refractivity (Wildman–Crippen MR) is 80.2 cm³/mol. The van der Waals surface area contributed by atoms with Crippen molar-refractivity contribution in [3.8, 4) is 0 Å². The van der Waals surface area contributed by atoms with Crippen LogP contribution < -0.4 is 0 Å². The van der Waals surface area contributed by atoms with Crippen LogP contribution in [0.15, 0.2) is 24.3 Å². The average molecular weight is 292 g/mol. The molecule has 0 spiro atoms. The Morgan fingerprint density at radius 2 is 1.86 bits per heavy atom. The largest absolute Gasteiger partial charge is 0.481 e. The standard InChI is InChI=1S/C17H24O4/c1-2-3-15(17(18)19)12-14-6-4-13(5-7-14)8-9-16-20-10-11-21-16/h4-7,15-16H,2-3,8-12H2,1H3,(H,18,19). The number of hydrogen-bond acceptors (Lipinski definition) is 3. The van der Waals surface area contributed by atoms with Gasteiger partial charge >= 0.3 is 5.97 Å². The Hall–Kier alpha value is -1.39. The minimum atomic E-state index is -0.698. The summed E-state index contributed by atoms with van der Waals surface area (Å²) in [5.41, 5.74) is 2.33. The Balaban J connectivity index is 1.84. The van der Waals surface area contributed by atoms with E-state index in [1.165, 1.54) is 5.56 Å². The first kappa shape index (κ1) is 16.0. The van der Waals surface area contributed by atoms with E-state index in [4.69, 9.17) is 9.47 Å². The molecule has 0 amide bonds. The van der Waals surface area contributed by atoms with Gasteiger partial charge in [0.05, 0.1) is 19.1 Å². The van der Waals surface area contributed by atoms with Gasteiger partial charge in [-0.05, 0) is 30.4 Å². The van der Waals surface area contributed by atoms with E-state index in [1.54, 1.807) is 0 Å². The minimum absolute atomic E-state index is 0.0642. The van der Waals surface area contributed by atoms with Crippen molar-refractivity contribution in [2.45, 2.75) is 45.3 Å². The number of carboxylic acids is 1. The highest BCUT2D eigenvalue weighted by Crippen LogP contribution is 2.17. The molecule has 0 radical (unpaired) electrons. The Labute approximate surface area is 126 Å². The molecule has 21 heavy (non-hydrogen) atoms. The van der Waals surface area contributed by atoms with Crippen molar-refractivity contribution in [3.05, 3.63) is 35.4 Å². The van der Waals surface area contributed by atoms with Gasteiger partial charge in [-0.25, -0.2) is 0 Å². The van der Waals surface area contributed by atoms with Crippen molar-refractivity contribution in [2.24, 2.45) is 5.92 Å². The Bertz CT molecular complexity index is 435. The van der Waals surface area contributed by atoms with Crippen LogP contribution in [0.25, 0.3) is 0 Å². The van der Waals surface area contributed by atoms with Gasteiger partial charge in [0.2, 0.25) is 0 Å². The lowest BCUT2D eigenvalue weighted by Gasteiger charge is -2.12. The van der Waals surface area contributed by atoms with Gasteiger partial charge in [-0.3, -0.25) is 4.79 Å². The quantitative estimate of drug-likeness (QED) is 0.800. The normalized spacial score (nSPS) is 17.0. The van der Waals surface area contributed by atoms with Gasteiger partial charge in [-0.1, -0.05) is 37.6 Å². The molecule has 1 saturated heterocycles. The molecule has 1 heterocycles. The third-order valence-electron chi connectivity index (χ3n) is 3.85. The molecule has 0 saturated carbocycles. The van der Waals surface area contributed by atoms with Gasteiger partial charge in [0.25, 0.3) is 0 Å². The van der Waals surface area contributed by atoms with Crippen LogP contribution in [0.2, 0.25) is 0 Å². The van der Waals surface area contributed by atoms with Crippen molar-refractivity contribution in [3.63, 3.8) is 0 Å². The van der Waals surface area contributed by atoms with E-state index in [-0.39, 0.29) is 12.2 Å². The number of aliphatic carboxylic acids is 1. The van der Waals surface area contributed by atoms with Crippen molar-refractivity contribution in [1.82, 2.24) is 0 Å². The van der Waals surface area contributed by atoms with E-state index in [2.05, 4.69) is 12.1 Å². The second-order valence-electron chi connectivity index (χ2n) is 5.55. The van der Waals surface area contributed by atoms with Crippen molar-refractivity contribution in [2.75, 3.05) is 13.2 Å². The molecular formula is C17H24O4. The molecule has 4 heteroatoms. The molecule has 1 atom stereocenters. The van der Waals surface area contributed by atoms with Crippen LogP contribution in [0.3, 0.4) is 0 Å². The minimum Gasteiger partial charge on any atom is -0.481 e. The number of carbonyl (C=O) groups is 1. The topological polar surface area (TPSA) is 55.8 Å². The van der Waals surface area contributed by atoms with E-state index in [9.17, 15) is 9.90 Å². The highest BCUT2D eigenvalue weighted by Gasteiger charge is 2.17. The van der Waals surface area contributed by atoms with E-state index < -0.39 is 5.97 Å². The summed E-state index contributed by atoms with van der Waals surface area (Å²) in [6.07, 6.45) is 3.96. The molecule has 1 unspecified atom stereocenters. The zero-order valence-electron chi connectivity index (χ0n) is 12.6. The summed E-state index contributed by atoms with van der Waals surface area (Å²) in [5, 5.41) is 9.20. The molecule has 116 valence electrons. The number of ether oxygens (including phenoxy) is 2. The fourth-order valence-electron chi connectivity index (χ4n) is 2.65. The summed E-state index contributed by atoms with van der Waals surface area (Å²) >= 11 is 0. The molecular weight excluding hydrogens is 268 g/mol. The maximum absolute atomic E-state index is 11.2. The van der Waals surface area contributed by atoms with Gasteiger partial charge in [0.15, 0.2) is 6.29 Å². The van der Waals surface area contributed by atoms with Gasteiger partial charge in [0, 0.05) is 6.42 Å². The highest BCUT2D eigenvalue weighted by molar-refractivity contribution is 5.70. The zero-order valence-corrected chi connectivity index (χ0v) is 12.6. The van der Waals surface area contributed by atoms with Crippen LogP contribution in [0, 0.1) is 5.92 Å². The summed E-state index contributed by atoms with van der Waals surface area (Å²) in [7, 11) is 0. The smallest absolute Gasteiger partial charge is 0.306 e. The molecule has 1 aliphatic heterocycles. The molecule has 0 aromatic heterocycles. The summed E-state index contributed by atoms with van der Waals surface area (Å²) < 4.78 is 10.8. The van der Waals surface area contributed by atoms with Crippen molar-refractivity contribution < 1.29 is 19.4 Å². The molecule has 0 aliphatic carbocycles. The molecule has 1 aromatic carbocycles. The average Bonchev–Trinajstić information content (AvgIpc) is 2.99. The first-order valence-corrected chi connectivity index (χ1v) is 7.73. The third-order valence-corrected chi connectivity index (χ3v) is 3.85. The monoisotopic (exact) mass is 292 g/mol. The Kier molecular flexibility index (Phi) is 6.21. The maximum Gasteiger partial charge on any atom is 0.306 e. The van der Waals surface area contributed by atoms with Crippen molar-refractivity contribution in [1.29, 1.82) is 0 Å². The van der Waals surface area contributed by atoms with E-state index in [1.807, 2.05) is 19.1 Å². The molecule has 0 bridgehead atoms. The fourth-order valence-corrected chi connectivity index (χ4v) is 2.65. The third kappa shape index (κ3) is 5.14. The molecule has 1 aliphatic rings. The zero-order chi connectivity index (χ0) is 15.1. The fraction of sp³-hybridized carbons (Fsp3) is 0.588. The summed E-state index contributed by atoms with van der Waals surface area (Å²) in [4.78, 5) is 11.2. The first-order valence-electron chi connectivity index (χ1n) is 7.73. The van der Waals surface area contributed by atoms with Crippen LogP contribution in [-0.2, 0) is 27.1 Å². The van der Waals surface area contributed by atoms with Gasteiger partial charge in [-0.15, -0.1) is 0 Å². The number of rotatable bonds is 8. The van der Waals surface area contributed by atoms with E-state index in [0.717, 1.165) is 31.2 Å². The predicted octanol–water partition coefficient (Wildman–Crippen LogP) is 3.04. The van der Waals surface area contributed by atoms with Gasteiger partial charge in [-0.2, -0.15) is 0 Å². The maximum atomic E-state index is 11.2. The molecule has 1 fully saturated rings. The number of hydrogen-bond donors (Lipinski definition) is 1. The van der Waals surface area contributed by atoms with Crippen molar-refractivity contribution >= 4 is 5.97 Å². The lowest BCUT2D eigenvalue weighted by atomic mass is 9.94. The number of carboxylic acid groups (broad SMARTS) is 1. The summed E-state index contributed by atoms with van der Waals surface area (Å²) in [5.74, 6) is -0.974. The molecule has 1 N–H and O–H groups in total. The van der Waals surface area contributed by atoms with Crippen LogP contribution in [0.4, 0.5) is 0 Å². The SMILES string of the molecule is CCCC(Cc1ccc(CCC2OCCO2)cc1)C(=O)O. The Morgan fingerprint density at radius 1 is 1.24 bits per heavy atom. The number of benzene rings is 1. The van der Waals surface area contributed by atoms with E-state index >= 15 is 0 Å². The lowest BCUT2D eigenvalue weighted by molar-refractivity contribution is -0.141. The first-order chi connectivity index (χ1) is 10.2. The van der Waals surface area contributed by atoms with Crippen LogP contribution in [-0.4, -0.2) is 30.6 Å². The Morgan fingerprint density at radius 3 is 2.43 bits per heavy atom. The van der Waals surface area contributed by atoms with Crippen LogP contribution in [0.1, 0.15) is 37.3 Å². The second-order valence-corrected chi connectivity index (χ2v) is 5.55. The van der Waals surface area contributed by atoms with Crippen LogP contribution >= 0.6 is 0 Å². The highest BCUT2D eigenvalue weighted by atomic mass is 16.7. The van der Waals surface area contributed by atoms with E-state index in [0.29, 0.717) is 19.6 Å². The van der Waals surface area contributed by atoms with Gasteiger partial charge < -0.3 is 14.6 Å². The number of aryl methyl sites for hydroxylation is 1.